The molecule has 0 radical (unpaired) electrons. The van der Waals surface area contributed by atoms with Crippen molar-refractivity contribution in [1.29, 1.82) is 0 Å². The van der Waals surface area contributed by atoms with Gasteiger partial charge in [-0.1, -0.05) is 0 Å². The zero-order chi connectivity index (χ0) is 13.7. The summed E-state index contributed by atoms with van der Waals surface area (Å²) in [5.41, 5.74) is 0.568. The van der Waals surface area contributed by atoms with E-state index in [0.29, 0.717) is 19.7 Å². The Morgan fingerprint density at radius 1 is 1.42 bits per heavy atom. The molecule has 0 spiro atoms. The van der Waals surface area contributed by atoms with E-state index in [0.717, 1.165) is 24.3 Å². The zero-order valence-corrected chi connectivity index (χ0v) is 11.4. The lowest BCUT2D eigenvalue weighted by Gasteiger charge is -2.26. The minimum absolute atomic E-state index is 0.242. The van der Waals surface area contributed by atoms with Crippen LogP contribution in [0.1, 0.15) is 12.0 Å². The fraction of sp³-hybridized carbons (Fsp3) is 0.571. The van der Waals surface area contributed by atoms with Crippen LogP contribution in [0.5, 0.6) is 11.5 Å². The monoisotopic (exact) mass is 267 g/mol. The van der Waals surface area contributed by atoms with Gasteiger partial charge in [-0.15, -0.1) is 0 Å². The molecular formula is C14H21NO4. The van der Waals surface area contributed by atoms with Crippen LogP contribution >= 0.6 is 0 Å². The van der Waals surface area contributed by atoms with Crippen LogP contribution in [0.15, 0.2) is 18.2 Å². The summed E-state index contributed by atoms with van der Waals surface area (Å²) in [7, 11) is 3.32. The van der Waals surface area contributed by atoms with Crippen LogP contribution in [0.4, 0.5) is 0 Å². The van der Waals surface area contributed by atoms with E-state index in [2.05, 4.69) is 5.32 Å². The number of phenolic OH excluding ortho intramolecular Hbond substituents is 1. The van der Waals surface area contributed by atoms with Crippen LogP contribution in [0, 0.1) is 0 Å². The van der Waals surface area contributed by atoms with Crippen molar-refractivity contribution in [1.82, 2.24) is 5.32 Å². The van der Waals surface area contributed by atoms with E-state index in [-0.39, 0.29) is 11.4 Å². The number of rotatable bonds is 6. The first-order chi connectivity index (χ1) is 9.19. The summed E-state index contributed by atoms with van der Waals surface area (Å²) in [6, 6.07) is 5.20. The van der Waals surface area contributed by atoms with Crippen molar-refractivity contribution >= 4 is 0 Å². The lowest BCUT2D eigenvalue weighted by Crippen LogP contribution is -2.42. The Kier molecular flexibility index (Phi) is 4.63. The zero-order valence-electron chi connectivity index (χ0n) is 11.4. The Labute approximate surface area is 113 Å². The first-order valence-corrected chi connectivity index (χ1v) is 6.39. The molecule has 19 heavy (non-hydrogen) atoms. The second kappa shape index (κ2) is 6.23. The fourth-order valence-corrected chi connectivity index (χ4v) is 2.22. The van der Waals surface area contributed by atoms with Gasteiger partial charge in [0, 0.05) is 38.8 Å². The largest absolute Gasteiger partial charge is 0.508 e. The predicted octanol–water partition coefficient (Wildman–Crippen LogP) is 1.30. The lowest BCUT2D eigenvalue weighted by molar-refractivity contribution is -0.0159. The van der Waals surface area contributed by atoms with Crippen molar-refractivity contribution in [2.75, 3.05) is 34.0 Å². The predicted molar refractivity (Wildman–Crippen MR) is 71.5 cm³/mol. The van der Waals surface area contributed by atoms with Gasteiger partial charge in [0.15, 0.2) is 0 Å². The molecule has 0 saturated carbocycles. The molecular weight excluding hydrogens is 246 g/mol. The molecule has 1 unspecified atom stereocenters. The van der Waals surface area contributed by atoms with Crippen LogP contribution < -0.4 is 10.1 Å². The van der Waals surface area contributed by atoms with Gasteiger partial charge in [0.2, 0.25) is 0 Å². The molecule has 1 aliphatic rings. The molecule has 106 valence electrons. The van der Waals surface area contributed by atoms with Gasteiger partial charge in [-0.3, -0.25) is 0 Å². The molecule has 0 aromatic heterocycles. The average molecular weight is 267 g/mol. The second-order valence-electron chi connectivity index (χ2n) is 4.79. The van der Waals surface area contributed by atoms with Crippen LogP contribution in [-0.4, -0.2) is 44.7 Å². The maximum Gasteiger partial charge on any atom is 0.120 e. The molecule has 0 aliphatic carbocycles. The van der Waals surface area contributed by atoms with E-state index in [1.807, 2.05) is 6.07 Å². The van der Waals surface area contributed by atoms with Crippen LogP contribution in [0.2, 0.25) is 0 Å². The molecule has 1 saturated heterocycles. The molecule has 5 nitrogen and oxygen atoms in total. The van der Waals surface area contributed by atoms with Crippen molar-refractivity contribution in [3.05, 3.63) is 23.8 Å². The number of methoxy groups -OCH3 is 2. The minimum atomic E-state index is -0.242. The quantitative estimate of drug-likeness (QED) is 0.813. The molecule has 1 atom stereocenters. The van der Waals surface area contributed by atoms with Gasteiger partial charge in [-0.2, -0.15) is 0 Å². The molecule has 1 aromatic rings. The summed E-state index contributed by atoms with van der Waals surface area (Å²) in [5, 5.41) is 13.1. The first kappa shape index (κ1) is 14.1. The van der Waals surface area contributed by atoms with E-state index < -0.39 is 0 Å². The van der Waals surface area contributed by atoms with Crippen LogP contribution in [-0.2, 0) is 16.0 Å². The summed E-state index contributed by atoms with van der Waals surface area (Å²) >= 11 is 0. The first-order valence-electron chi connectivity index (χ1n) is 6.39. The van der Waals surface area contributed by atoms with Crippen molar-refractivity contribution < 1.29 is 19.3 Å². The Bertz CT molecular complexity index is 416. The SMILES string of the molecule is COc1ccc(O)c(CNCC2(OC)CCOC2)c1. The van der Waals surface area contributed by atoms with E-state index in [9.17, 15) is 5.11 Å². The lowest BCUT2D eigenvalue weighted by atomic mass is 10.0. The topological polar surface area (TPSA) is 60.0 Å². The van der Waals surface area contributed by atoms with Gasteiger partial charge in [0.25, 0.3) is 0 Å². The Hall–Kier alpha value is -1.30. The highest BCUT2D eigenvalue weighted by Crippen LogP contribution is 2.24. The third-order valence-corrected chi connectivity index (χ3v) is 3.55. The summed E-state index contributed by atoms with van der Waals surface area (Å²) in [6.45, 7) is 2.61. The molecule has 0 amide bonds. The minimum Gasteiger partial charge on any atom is -0.508 e. The molecule has 0 bridgehead atoms. The van der Waals surface area contributed by atoms with Gasteiger partial charge < -0.3 is 24.6 Å². The van der Waals surface area contributed by atoms with Crippen LogP contribution in [0.3, 0.4) is 0 Å². The van der Waals surface area contributed by atoms with Gasteiger partial charge >= 0.3 is 0 Å². The maximum atomic E-state index is 9.79. The van der Waals surface area contributed by atoms with Gasteiger partial charge in [-0.25, -0.2) is 0 Å². The van der Waals surface area contributed by atoms with Gasteiger partial charge in [-0.05, 0) is 18.2 Å². The summed E-state index contributed by atoms with van der Waals surface area (Å²) in [4.78, 5) is 0. The fourth-order valence-electron chi connectivity index (χ4n) is 2.22. The Balaban J connectivity index is 1.91. The number of aromatic hydroxyl groups is 1. The molecule has 1 aliphatic heterocycles. The number of benzene rings is 1. The van der Waals surface area contributed by atoms with E-state index >= 15 is 0 Å². The smallest absolute Gasteiger partial charge is 0.120 e. The van der Waals surface area contributed by atoms with Crippen molar-refractivity contribution in [3.63, 3.8) is 0 Å². The number of nitrogens with one attached hydrogen (secondary N) is 1. The highest BCUT2D eigenvalue weighted by molar-refractivity contribution is 5.39. The highest BCUT2D eigenvalue weighted by Gasteiger charge is 2.34. The summed E-state index contributed by atoms with van der Waals surface area (Å²) < 4.78 is 16.1. The summed E-state index contributed by atoms with van der Waals surface area (Å²) in [5.74, 6) is 1.00. The van der Waals surface area contributed by atoms with Gasteiger partial charge in [0.05, 0.1) is 13.7 Å². The Morgan fingerprint density at radius 3 is 2.89 bits per heavy atom. The number of phenols is 1. The molecule has 2 rings (SSSR count). The molecule has 1 heterocycles. The van der Waals surface area contributed by atoms with E-state index in [1.54, 1.807) is 26.4 Å². The van der Waals surface area contributed by atoms with Gasteiger partial charge in [0.1, 0.15) is 17.1 Å². The Morgan fingerprint density at radius 2 is 2.26 bits per heavy atom. The van der Waals surface area contributed by atoms with E-state index in [4.69, 9.17) is 14.2 Å². The molecule has 1 fully saturated rings. The number of ether oxygens (including phenoxy) is 3. The number of hydrogen-bond acceptors (Lipinski definition) is 5. The van der Waals surface area contributed by atoms with Crippen LogP contribution in [0.25, 0.3) is 0 Å². The third-order valence-electron chi connectivity index (χ3n) is 3.55. The average Bonchev–Trinajstić information content (AvgIpc) is 2.90. The highest BCUT2D eigenvalue weighted by atomic mass is 16.5. The molecule has 1 aromatic carbocycles. The van der Waals surface area contributed by atoms with Crippen molar-refractivity contribution in [2.24, 2.45) is 0 Å². The normalized spacial score (nSPS) is 22.6. The van der Waals surface area contributed by atoms with Crippen molar-refractivity contribution in [3.8, 4) is 11.5 Å². The molecule has 2 N–H and O–H groups in total. The van der Waals surface area contributed by atoms with E-state index in [1.165, 1.54) is 0 Å². The third kappa shape index (κ3) is 3.37. The number of hydrogen-bond donors (Lipinski definition) is 2. The molecule has 5 heteroatoms. The summed E-state index contributed by atoms with van der Waals surface area (Å²) in [6.07, 6.45) is 0.889. The van der Waals surface area contributed by atoms with Crippen molar-refractivity contribution in [2.45, 2.75) is 18.6 Å². The second-order valence-corrected chi connectivity index (χ2v) is 4.79. The maximum absolute atomic E-state index is 9.79. The standard InChI is InChI=1S/C14H21NO4/c1-17-12-3-4-13(16)11(7-12)8-15-9-14(18-2)5-6-19-10-14/h3-4,7,15-16H,5-6,8-10H2,1-2H3.